The van der Waals surface area contributed by atoms with Gasteiger partial charge in [0.15, 0.2) is 0 Å². The molecule has 0 unspecified atom stereocenters. The summed E-state index contributed by atoms with van der Waals surface area (Å²) in [5, 5.41) is 2.79. The summed E-state index contributed by atoms with van der Waals surface area (Å²) in [6.07, 6.45) is 3.29. The molecule has 0 radical (unpaired) electrons. The third kappa shape index (κ3) is 3.73. The Bertz CT molecular complexity index is 1230. The molecule has 2 heterocycles. The molecule has 4 aromatic rings. The van der Waals surface area contributed by atoms with Crippen molar-refractivity contribution in [3.8, 4) is 17.2 Å². The Labute approximate surface area is 173 Å². The summed E-state index contributed by atoms with van der Waals surface area (Å²) in [7, 11) is 1.76. The molecule has 1 amide bonds. The lowest BCUT2D eigenvalue weighted by Gasteiger charge is -2.08. The van der Waals surface area contributed by atoms with E-state index >= 15 is 0 Å². The minimum absolute atomic E-state index is 0.110. The van der Waals surface area contributed by atoms with E-state index in [0.717, 1.165) is 0 Å². The zero-order chi connectivity index (χ0) is 21.1. The fraction of sp³-hybridized carbons (Fsp3) is 0.0870. The van der Waals surface area contributed by atoms with Crippen LogP contribution in [0.2, 0.25) is 0 Å². The molecule has 0 aliphatic rings. The van der Waals surface area contributed by atoms with E-state index in [1.165, 1.54) is 4.68 Å². The summed E-state index contributed by atoms with van der Waals surface area (Å²) in [5.41, 5.74) is 1.59. The molecule has 0 saturated carbocycles. The molecule has 150 valence electrons. The first kappa shape index (κ1) is 19.2. The van der Waals surface area contributed by atoms with Crippen molar-refractivity contribution < 1.29 is 9.53 Å². The first-order valence-electron chi connectivity index (χ1n) is 9.38. The van der Waals surface area contributed by atoms with E-state index in [4.69, 9.17) is 4.74 Å². The van der Waals surface area contributed by atoms with Gasteiger partial charge in [0.25, 0.3) is 11.5 Å². The number of aromatic nitrogens is 3. The van der Waals surface area contributed by atoms with Gasteiger partial charge >= 0.3 is 0 Å². The van der Waals surface area contributed by atoms with Gasteiger partial charge in [-0.3, -0.25) is 19.3 Å². The Hall–Kier alpha value is -4.13. The number of carbonyl (C=O) groups excluding carboxylic acids is 1. The van der Waals surface area contributed by atoms with Crippen LogP contribution in [0.4, 0.5) is 5.69 Å². The lowest BCUT2D eigenvalue weighted by Crippen LogP contribution is -2.25. The standard InChI is InChI=1S/C23H20N4O3/c1-16-21(23(29)27(26(16)2)18-6-4-3-5-7-18)22(28)25-17-8-10-19(11-9-17)30-20-12-14-24-15-13-20/h3-15H,1-2H3,(H,25,28). The van der Waals surface area contributed by atoms with Crippen molar-refractivity contribution in [1.29, 1.82) is 0 Å². The lowest BCUT2D eigenvalue weighted by molar-refractivity contribution is 0.102. The third-order valence-electron chi connectivity index (χ3n) is 4.78. The SMILES string of the molecule is Cc1c(C(=O)Nc2ccc(Oc3ccncc3)cc2)c(=O)n(-c2ccccc2)n1C. The normalized spacial score (nSPS) is 10.6. The van der Waals surface area contributed by atoms with Crippen LogP contribution < -0.4 is 15.6 Å². The van der Waals surface area contributed by atoms with E-state index in [2.05, 4.69) is 10.3 Å². The number of ether oxygens (including phenoxy) is 1. The number of para-hydroxylation sites is 1. The largest absolute Gasteiger partial charge is 0.457 e. The first-order chi connectivity index (χ1) is 14.5. The molecule has 2 aromatic heterocycles. The molecule has 0 aliphatic heterocycles. The van der Waals surface area contributed by atoms with Crippen molar-refractivity contribution in [2.45, 2.75) is 6.92 Å². The van der Waals surface area contributed by atoms with Gasteiger partial charge in [0.2, 0.25) is 0 Å². The smallest absolute Gasteiger partial charge is 0.284 e. The molecular weight excluding hydrogens is 380 g/mol. The van der Waals surface area contributed by atoms with E-state index < -0.39 is 5.91 Å². The van der Waals surface area contributed by atoms with Crippen molar-refractivity contribution in [2.24, 2.45) is 7.05 Å². The van der Waals surface area contributed by atoms with Crippen LogP contribution in [-0.4, -0.2) is 20.3 Å². The molecule has 1 N–H and O–H groups in total. The number of pyridine rings is 1. The summed E-state index contributed by atoms with van der Waals surface area (Å²) in [5.74, 6) is 0.843. The Morgan fingerprint density at radius 3 is 2.23 bits per heavy atom. The van der Waals surface area contributed by atoms with E-state index in [9.17, 15) is 9.59 Å². The van der Waals surface area contributed by atoms with Crippen molar-refractivity contribution in [3.05, 3.63) is 101 Å². The minimum Gasteiger partial charge on any atom is -0.457 e. The van der Waals surface area contributed by atoms with Crippen LogP contribution in [-0.2, 0) is 7.05 Å². The number of hydrogen-bond donors (Lipinski definition) is 1. The predicted octanol–water partition coefficient (Wildman–Crippen LogP) is 3.92. The monoisotopic (exact) mass is 400 g/mol. The van der Waals surface area contributed by atoms with Crippen molar-refractivity contribution in [1.82, 2.24) is 14.3 Å². The molecule has 2 aromatic carbocycles. The fourth-order valence-electron chi connectivity index (χ4n) is 3.17. The number of hydrogen-bond acceptors (Lipinski definition) is 4. The molecule has 0 saturated heterocycles. The van der Waals surface area contributed by atoms with Crippen LogP contribution in [0.15, 0.2) is 83.9 Å². The molecule has 0 atom stereocenters. The molecule has 30 heavy (non-hydrogen) atoms. The van der Waals surface area contributed by atoms with Gasteiger partial charge in [-0.05, 0) is 55.5 Å². The maximum atomic E-state index is 13.0. The van der Waals surface area contributed by atoms with Crippen LogP contribution >= 0.6 is 0 Å². The van der Waals surface area contributed by atoms with Gasteiger partial charge in [0.05, 0.1) is 11.4 Å². The van der Waals surface area contributed by atoms with E-state index in [0.29, 0.717) is 28.6 Å². The van der Waals surface area contributed by atoms with E-state index in [1.54, 1.807) is 67.4 Å². The topological polar surface area (TPSA) is 78.2 Å². The lowest BCUT2D eigenvalue weighted by atomic mass is 10.2. The van der Waals surface area contributed by atoms with Gasteiger partial charge in [0.1, 0.15) is 17.1 Å². The summed E-state index contributed by atoms with van der Waals surface area (Å²) in [4.78, 5) is 29.8. The number of benzene rings is 2. The van der Waals surface area contributed by atoms with E-state index in [-0.39, 0.29) is 11.1 Å². The molecule has 7 nitrogen and oxygen atoms in total. The first-order valence-corrected chi connectivity index (χ1v) is 9.38. The second kappa shape index (κ2) is 8.08. The highest BCUT2D eigenvalue weighted by Crippen LogP contribution is 2.22. The molecule has 0 fully saturated rings. The van der Waals surface area contributed by atoms with Gasteiger partial charge in [-0.1, -0.05) is 18.2 Å². The number of anilines is 1. The van der Waals surface area contributed by atoms with Crippen LogP contribution in [0.25, 0.3) is 5.69 Å². The Balaban J connectivity index is 1.55. The maximum absolute atomic E-state index is 13.0. The number of nitrogens with zero attached hydrogens (tertiary/aromatic N) is 3. The summed E-state index contributed by atoms with van der Waals surface area (Å²) in [6, 6.07) is 19.7. The summed E-state index contributed by atoms with van der Waals surface area (Å²) in [6.45, 7) is 1.75. The second-order valence-electron chi connectivity index (χ2n) is 6.70. The van der Waals surface area contributed by atoms with Gasteiger partial charge < -0.3 is 10.1 Å². The van der Waals surface area contributed by atoms with Gasteiger partial charge in [0, 0.05) is 25.1 Å². The summed E-state index contributed by atoms with van der Waals surface area (Å²) >= 11 is 0. The Morgan fingerprint density at radius 2 is 1.57 bits per heavy atom. The van der Waals surface area contributed by atoms with Crippen molar-refractivity contribution in [3.63, 3.8) is 0 Å². The highest BCUT2D eigenvalue weighted by Gasteiger charge is 2.22. The van der Waals surface area contributed by atoms with Gasteiger partial charge in [-0.25, -0.2) is 4.68 Å². The highest BCUT2D eigenvalue weighted by molar-refractivity contribution is 6.04. The second-order valence-corrected chi connectivity index (χ2v) is 6.70. The molecule has 0 aliphatic carbocycles. The summed E-state index contributed by atoms with van der Waals surface area (Å²) < 4.78 is 8.88. The van der Waals surface area contributed by atoms with Gasteiger partial charge in [-0.15, -0.1) is 0 Å². The third-order valence-corrected chi connectivity index (χ3v) is 4.78. The molecule has 7 heteroatoms. The molecule has 4 rings (SSSR count). The highest BCUT2D eigenvalue weighted by atomic mass is 16.5. The van der Waals surface area contributed by atoms with Crippen molar-refractivity contribution >= 4 is 11.6 Å². The van der Waals surface area contributed by atoms with Crippen LogP contribution in [0.3, 0.4) is 0 Å². The fourth-order valence-corrected chi connectivity index (χ4v) is 3.17. The Kier molecular flexibility index (Phi) is 5.17. The molecule has 0 spiro atoms. The number of amides is 1. The zero-order valence-electron chi connectivity index (χ0n) is 16.6. The maximum Gasteiger partial charge on any atom is 0.284 e. The predicted molar refractivity (Wildman–Crippen MR) is 114 cm³/mol. The van der Waals surface area contributed by atoms with Crippen LogP contribution in [0, 0.1) is 6.92 Å². The number of nitrogens with one attached hydrogen (secondary N) is 1. The minimum atomic E-state index is -0.453. The Morgan fingerprint density at radius 1 is 0.933 bits per heavy atom. The van der Waals surface area contributed by atoms with Crippen LogP contribution in [0.5, 0.6) is 11.5 Å². The van der Waals surface area contributed by atoms with Crippen LogP contribution in [0.1, 0.15) is 16.1 Å². The number of rotatable bonds is 5. The molecule has 0 bridgehead atoms. The molecular formula is C23H20N4O3. The van der Waals surface area contributed by atoms with E-state index in [1.807, 2.05) is 30.3 Å². The number of carbonyl (C=O) groups is 1. The van der Waals surface area contributed by atoms with Crippen molar-refractivity contribution in [2.75, 3.05) is 5.32 Å². The average molecular weight is 400 g/mol. The zero-order valence-corrected chi connectivity index (χ0v) is 16.6. The average Bonchev–Trinajstić information content (AvgIpc) is 2.99. The quantitative estimate of drug-likeness (QED) is 0.551. The van der Waals surface area contributed by atoms with Gasteiger partial charge in [-0.2, -0.15) is 0 Å².